The molecule has 0 aliphatic rings. The predicted molar refractivity (Wildman–Crippen MR) is 147 cm³/mol. The van der Waals surface area contributed by atoms with Gasteiger partial charge in [0.15, 0.2) is 0 Å². The van der Waals surface area contributed by atoms with Gasteiger partial charge in [-0.15, -0.1) is 0 Å². The van der Waals surface area contributed by atoms with Crippen molar-refractivity contribution in [2.75, 3.05) is 5.32 Å². The number of para-hydroxylation sites is 1. The van der Waals surface area contributed by atoms with Crippen LogP contribution in [0.3, 0.4) is 0 Å². The molecule has 0 bridgehead atoms. The van der Waals surface area contributed by atoms with Gasteiger partial charge in [0.2, 0.25) is 0 Å². The lowest BCUT2D eigenvalue weighted by atomic mass is 10.0. The highest BCUT2D eigenvalue weighted by molar-refractivity contribution is 5.65. The summed E-state index contributed by atoms with van der Waals surface area (Å²) in [5, 5.41) is 7.22. The molecule has 2 N–H and O–H groups in total. The topological polar surface area (TPSA) is 37.0 Å². The lowest BCUT2D eigenvalue weighted by Gasteiger charge is -2.17. The fourth-order valence-corrected chi connectivity index (χ4v) is 4.17. The van der Waals surface area contributed by atoms with Crippen LogP contribution >= 0.6 is 0 Å². The van der Waals surface area contributed by atoms with E-state index in [1.165, 1.54) is 28.0 Å². The second-order valence-corrected chi connectivity index (χ2v) is 8.56. The Labute approximate surface area is 205 Å². The molecule has 0 aliphatic heterocycles. The van der Waals surface area contributed by atoms with E-state index in [0.717, 1.165) is 47.6 Å². The molecule has 0 saturated heterocycles. The normalized spacial score (nSPS) is 11.5. The van der Waals surface area contributed by atoms with E-state index in [1.54, 1.807) is 0 Å². The first-order valence-corrected chi connectivity index (χ1v) is 12.1. The molecule has 34 heavy (non-hydrogen) atoms. The van der Waals surface area contributed by atoms with Crippen molar-refractivity contribution in [3.8, 4) is 11.3 Å². The molecule has 0 atom stereocenters. The van der Waals surface area contributed by atoms with Crippen LogP contribution in [-0.2, 0) is 13.1 Å². The van der Waals surface area contributed by atoms with Crippen LogP contribution in [0.25, 0.3) is 11.3 Å². The number of allylic oxidation sites excluding steroid dienone is 3. The van der Waals surface area contributed by atoms with Gasteiger partial charge in [-0.3, -0.25) is 4.98 Å². The SMILES string of the molecule is C=C/C(CC)=C(/NCc1cccc(-c2ccccc2CNc2c(C)cccc2C)n1)C(=C)CC. The van der Waals surface area contributed by atoms with Crippen LogP contribution in [0.5, 0.6) is 0 Å². The van der Waals surface area contributed by atoms with Crippen molar-refractivity contribution in [2.24, 2.45) is 0 Å². The molecule has 0 unspecified atom stereocenters. The first-order chi connectivity index (χ1) is 16.5. The number of nitrogens with zero attached hydrogens (tertiary/aromatic N) is 1. The Balaban J connectivity index is 1.83. The summed E-state index contributed by atoms with van der Waals surface area (Å²) in [5.74, 6) is 0. The highest BCUT2D eigenvalue weighted by Crippen LogP contribution is 2.26. The molecule has 1 heterocycles. The quantitative estimate of drug-likeness (QED) is 0.291. The van der Waals surface area contributed by atoms with Crippen molar-refractivity contribution in [3.05, 3.63) is 119 Å². The van der Waals surface area contributed by atoms with Crippen molar-refractivity contribution >= 4 is 5.69 Å². The van der Waals surface area contributed by atoms with E-state index in [9.17, 15) is 0 Å². The molecule has 3 nitrogen and oxygen atoms in total. The molecule has 0 fully saturated rings. The summed E-state index contributed by atoms with van der Waals surface area (Å²) in [7, 11) is 0. The fourth-order valence-electron chi connectivity index (χ4n) is 4.17. The van der Waals surface area contributed by atoms with E-state index in [0.29, 0.717) is 6.54 Å². The molecule has 0 aliphatic carbocycles. The number of nitrogens with one attached hydrogen (secondary N) is 2. The third-order valence-corrected chi connectivity index (χ3v) is 6.21. The van der Waals surface area contributed by atoms with E-state index in [4.69, 9.17) is 4.98 Å². The minimum atomic E-state index is 0.641. The van der Waals surface area contributed by atoms with Crippen LogP contribution in [0, 0.1) is 13.8 Å². The van der Waals surface area contributed by atoms with Crippen LogP contribution in [0.4, 0.5) is 5.69 Å². The smallest absolute Gasteiger partial charge is 0.0709 e. The Morgan fingerprint density at radius 2 is 1.59 bits per heavy atom. The highest BCUT2D eigenvalue weighted by Gasteiger charge is 2.10. The lowest BCUT2D eigenvalue weighted by Crippen LogP contribution is -2.17. The number of aryl methyl sites for hydroxylation is 2. The average Bonchev–Trinajstić information content (AvgIpc) is 2.86. The van der Waals surface area contributed by atoms with Crippen molar-refractivity contribution in [1.29, 1.82) is 0 Å². The maximum Gasteiger partial charge on any atom is 0.0709 e. The summed E-state index contributed by atoms with van der Waals surface area (Å²) in [6, 6.07) is 21.1. The van der Waals surface area contributed by atoms with Gasteiger partial charge in [-0.05, 0) is 66.7 Å². The standard InChI is InChI=1S/C31H37N3/c1-7-22(4)31(25(8-2)9-3)33-21-27-17-13-19-29(34-27)28-18-11-10-16-26(28)20-32-30-23(5)14-12-15-24(30)6/h8,10-19,32-33H,2,4,7,9,20-21H2,1,3,5-6H3/b31-25-. The Morgan fingerprint density at radius 3 is 2.26 bits per heavy atom. The Kier molecular flexibility index (Phi) is 8.86. The molecular formula is C31H37N3. The number of benzene rings is 2. The molecule has 0 saturated carbocycles. The molecule has 3 aromatic rings. The van der Waals surface area contributed by atoms with Gasteiger partial charge in [0.05, 0.1) is 17.9 Å². The van der Waals surface area contributed by atoms with Crippen LogP contribution in [0.15, 0.2) is 96.7 Å². The first kappa shape index (κ1) is 25.0. The van der Waals surface area contributed by atoms with E-state index >= 15 is 0 Å². The number of anilines is 1. The van der Waals surface area contributed by atoms with Gasteiger partial charge < -0.3 is 10.6 Å². The van der Waals surface area contributed by atoms with E-state index in [1.807, 2.05) is 6.08 Å². The summed E-state index contributed by atoms with van der Waals surface area (Å²) in [6.45, 7) is 18.2. The van der Waals surface area contributed by atoms with Crippen LogP contribution in [0.1, 0.15) is 49.1 Å². The Hall–Kier alpha value is -3.59. The molecule has 3 rings (SSSR count). The molecule has 0 amide bonds. The minimum Gasteiger partial charge on any atom is -0.381 e. The zero-order valence-corrected chi connectivity index (χ0v) is 21.0. The lowest BCUT2D eigenvalue weighted by molar-refractivity contribution is 0.773. The van der Waals surface area contributed by atoms with Gasteiger partial charge in [-0.25, -0.2) is 0 Å². The summed E-state index contributed by atoms with van der Waals surface area (Å²) in [5.41, 5.74) is 11.4. The zero-order chi connectivity index (χ0) is 24.5. The second-order valence-electron chi connectivity index (χ2n) is 8.56. The highest BCUT2D eigenvalue weighted by atomic mass is 14.9. The summed E-state index contributed by atoms with van der Waals surface area (Å²) >= 11 is 0. The molecule has 2 aromatic carbocycles. The number of hydrogen-bond acceptors (Lipinski definition) is 3. The monoisotopic (exact) mass is 451 g/mol. The predicted octanol–water partition coefficient (Wildman–Crippen LogP) is 7.88. The average molecular weight is 452 g/mol. The Morgan fingerprint density at radius 1 is 0.882 bits per heavy atom. The summed E-state index contributed by atoms with van der Waals surface area (Å²) in [6.07, 6.45) is 3.74. The summed E-state index contributed by atoms with van der Waals surface area (Å²) in [4.78, 5) is 4.99. The van der Waals surface area contributed by atoms with Crippen LogP contribution in [0.2, 0.25) is 0 Å². The Bertz CT molecular complexity index is 1170. The third-order valence-electron chi connectivity index (χ3n) is 6.21. The van der Waals surface area contributed by atoms with Crippen molar-refractivity contribution < 1.29 is 0 Å². The van der Waals surface area contributed by atoms with Crippen molar-refractivity contribution in [1.82, 2.24) is 10.3 Å². The molecular weight excluding hydrogens is 414 g/mol. The van der Waals surface area contributed by atoms with E-state index in [2.05, 4.69) is 112 Å². The maximum atomic E-state index is 4.99. The van der Waals surface area contributed by atoms with Gasteiger partial charge in [-0.1, -0.05) is 81.6 Å². The van der Waals surface area contributed by atoms with Gasteiger partial charge in [-0.2, -0.15) is 0 Å². The zero-order valence-electron chi connectivity index (χ0n) is 21.0. The molecule has 0 spiro atoms. The van der Waals surface area contributed by atoms with Crippen molar-refractivity contribution in [2.45, 2.75) is 53.6 Å². The second kappa shape index (κ2) is 12.0. The van der Waals surface area contributed by atoms with Gasteiger partial charge in [0.25, 0.3) is 0 Å². The van der Waals surface area contributed by atoms with Gasteiger partial charge in [0, 0.05) is 23.5 Å². The van der Waals surface area contributed by atoms with Crippen LogP contribution in [-0.4, -0.2) is 4.98 Å². The molecule has 176 valence electrons. The van der Waals surface area contributed by atoms with E-state index < -0.39 is 0 Å². The first-order valence-electron chi connectivity index (χ1n) is 12.1. The minimum absolute atomic E-state index is 0.641. The third kappa shape index (κ3) is 6.05. The maximum absolute atomic E-state index is 4.99. The van der Waals surface area contributed by atoms with Gasteiger partial charge >= 0.3 is 0 Å². The molecule has 0 radical (unpaired) electrons. The van der Waals surface area contributed by atoms with Gasteiger partial charge in [0.1, 0.15) is 0 Å². The largest absolute Gasteiger partial charge is 0.381 e. The number of hydrogen-bond donors (Lipinski definition) is 2. The number of rotatable bonds is 11. The summed E-state index contributed by atoms with van der Waals surface area (Å²) < 4.78 is 0. The molecule has 1 aromatic heterocycles. The number of aromatic nitrogens is 1. The fraction of sp³-hybridized carbons (Fsp3) is 0.258. The van der Waals surface area contributed by atoms with E-state index in [-0.39, 0.29) is 0 Å². The van der Waals surface area contributed by atoms with Crippen molar-refractivity contribution in [3.63, 3.8) is 0 Å². The van der Waals surface area contributed by atoms with Crippen LogP contribution < -0.4 is 10.6 Å². The number of pyridine rings is 1. The molecule has 3 heteroatoms.